The lowest BCUT2D eigenvalue weighted by Crippen LogP contribution is -2.28. The van der Waals surface area contributed by atoms with Crippen molar-refractivity contribution < 1.29 is 23.8 Å². The van der Waals surface area contributed by atoms with Crippen molar-refractivity contribution in [2.75, 3.05) is 25.2 Å². The number of halogens is 1. The summed E-state index contributed by atoms with van der Waals surface area (Å²) in [5.41, 5.74) is 3.67. The normalized spacial score (nSPS) is 14.8. The first kappa shape index (κ1) is 24.5. The number of aryl methyl sites for hydroxylation is 2. The van der Waals surface area contributed by atoms with E-state index >= 15 is 0 Å². The fourth-order valence-corrected chi connectivity index (χ4v) is 5.21. The maximum Gasteiger partial charge on any atom is 0.343 e. The smallest absolute Gasteiger partial charge is 0.343 e. The number of ether oxygens (including phenoxy) is 3. The molecule has 3 rings (SSSR count). The quantitative estimate of drug-likeness (QED) is 0.191. The monoisotopic (exact) mass is 583 g/mol. The number of carbonyl (C=O) groups excluding carboxylic acids is 2. The molecule has 2 aromatic rings. The predicted molar refractivity (Wildman–Crippen MR) is 139 cm³/mol. The molecule has 9 heteroatoms. The summed E-state index contributed by atoms with van der Waals surface area (Å²) >= 11 is 8.88. The number of thiocarbonyl (C=S) groups is 1. The van der Waals surface area contributed by atoms with Gasteiger partial charge in [0.2, 0.25) is 0 Å². The second kappa shape index (κ2) is 10.7. The Kier molecular flexibility index (Phi) is 8.18. The average molecular weight is 583 g/mol. The van der Waals surface area contributed by atoms with Gasteiger partial charge in [0.25, 0.3) is 5.91 Å². The van der Waals surface area contributed by atoms with Crippen molar-refractivity contribution in [1.82, 2.24) is 0 Å². The van der Waals surface area contributed by atoms with Crippen LogP contribution < -0.4 is 14.4 Å². The minimum atomic E-state index is -0.484. The van der Waals surface area contributed by atoms with Gasteiger partial charge >= 0.3 is 5.97 Å². The highest BCUT2D eigenvalue weighted by atomic mass is 127. The summed E-state index contributed by atoms with van der Waals surface area (Å²) in [7, 11) is 1.30. The molecule has 0 aromatic heterocycles. The van der Waals surface area contributed by atoms with E-state index in [1.165, 1.54) is 18.9 Å². The van der Waals surface area contributed by atoms with E-state index in [4.69, 9.17) is 21.7 Å². The van der Waals surface area contributed by atoms with Gasteiger partial charge in [-0.05, 0) is 78.8 Å². The highest BCUT2D eigenvalue weighted by Crippen LogP contribution is 2.39. The zero-order valence-corrected chi connectivity index (χ0v) is 21.9. The molecule has 1 fully saturated rings. The van der Waals surface area contributed by atoms with Gasteiger partial charge in [-0.25, -0.2) is 4.79 Å². The molecule has 0 N–H and O–H groups in total. The van der Waals surface area contributed by atoms with Crippen molar-refractivity contribution in [3.8, 4) is 11.5 Å². The van der Waals surface area contributed by atoms with E-state index in [0.29, 0.717) is 27.3 Å². The van der Waals surface area contributed by atoms with Gasteiger partial charge in [0.15, 0.2) is 22.4 Å². The molecule has 6 nitrogen and oxygen atoms in total. The molecular formula is C23H22INO5S2. The molecule has 168 valence electrons. The van der Waals surface area contributed by atoms with E-state index in [1.54, 1.807) is 17.0 Å². The minimum Gasteiger partial charge on any atom is -0.490 e. The number of rotatable bonds is 7. The molecule has 32 heavy (non-hydrogen) atoms. The van der Waals surface area contributed by atoms with Gasteiger partial charge in [-0.2, -0.15) is 0 Å². The molecule has 0 saturated carbocycles. The van der Waals surface area contributed by atoms with Crippen LogP contribution in [-0.4, -0.2) is 36.5 Å². The Morgan fingerprint density at radius 2 is 1.97 bits per heavy atom. The molecule has 2 aromatic carbocycles. The van der Waals surface area contributed by atoms with Gasteiger partial charge in [0, 0.05) is 0 Å². The molecule has 0 radical (unpaired) electrons. The number of methoxy groups -OCH3 is 1. The first-order valence-corrected chi connectivity index (χ1v) is 12.1. The summed E-state index contributed by atoms with van der Waals surface area (Å²) in [6.45, 7) is 6.04. The highest BCUT2D eigenvalue weighted by Gasteiger charge is 2.34. The van der Waals surface area contributed by atoms with Gasteiger partial charge in [-0.1, -0.05) is 41.7 Å². The van der Waals surface area contributed by atoms with Crippen LogP contribution in [-0.2, 0) is 14.3 Å². The van der Waals surface area contributed by atoms with E-state index in [9.17, 15) is 9.59 Å². The van der Waals surface area contributed by atoms with Crippen LogP contribution in [0.4, 0.5) is 5.69 Å². The van der Waals surface area contributed by atoms with Crippen LogP contribution in [0.2, 0.25) is 0 Å². The second-order valence-electron chi connectivity index (χ2n) is 6.93. The molecular weight excluding hydrogens is 561 g/mol. The zero-order valence-electron chi connectivity index (χ0n) is 18.1. The van der Waals surface area contributed by atoms with E-state index in [-0.39, 0.29) is 12.5 Å². The molecule has 0 bridgehead atoms. The standard InChI is InChI=1S/C23H22INO5S2/c1-5-29-18-10-15(9-16(24)21(18)30-12-20(26)28-4)11-19-22(27)25(23(31)32-19)17-7-6-13(2)8-14(17)3/h6-11H,5,12H2,1-4H3/b19-11-. The van der Waals surface area contributed by atoms with Gasteiger partial charge < -0.3 is 14.2 Å². The molecule has 0 atom stereocenters. The lowest BCUT2D eigenvalue weighted by atomic mass is 10.1. The Labute approximate surface area is 210 Å². The summed E-state index contributed by atoms with van der Waals surface area (Å²) in [4.78, 5) is 26.7. The lowest BCUT2D eigenvalue weighted by Gasteiger charge is -2.17. The van der Waals surface area contributed by atoms with Gasteiger partial charge in [0.1, 0.15) is 0 Å². The summed E-state index contributed by atoms with van der Waals surface area (Å²) in [5, 5.41) is 0. The fraction of sp³-hybridized carbons (Fsp3) is 0.261. The Morgan fingerprint density at radius 1 is 1.22 bits per heavy atom. The van der Waals surface area contributed by atoms with E-state index in [1.807, 2.05) is 45.0 Å². The van der Waals surface area contributed by atoms with Gasteiger partial charge in [-0.3, -0.25) is 9.69 Å². The number of anilines is 1. The lowest BCUT2D eigenvalue weighted by molar-refractivity contribution is -0.142. The Hall–Kier alpha value is -2.11. The minimum absolute atomic E-state index is 0.161. The zero-order chi connectivity index (χ0) is 23.4. The average Bonchev–Trinajstić information content (AvgIpc) is 3.00. The molecule has 0 spiro atoms. The molecule has 0 unspecified atom stereocenters. The predicted octanol–water partition coefficient (Wildman–Crippen LogP) is 5.26. The molecule has 1 aliphatic heterocycles. The summed E-state index contributed by atoms with van der Waals surface area (Å²) in [6, 6.07) is 9.55. The number of nitrogens with zero attached hydrogens (tertiary/aromatic N) is 1. The van der Waals surface area contributed by atoms with Crippen LogP contribution >= 0.6 is 46.6 Å². The molecule has 1 aliphatic rings. The van der Waals surface area contributed by atoms with E-state index in [0.717, 1.165) is 25.9 Å². The van der Waals surface area contributed by atoms with Crippen LogP contribution in [0.1, 0.15) is 23.6 Å². The molecule has 1 saturated heterocycles. The van der Waals surface area contributed by atoms with Crippen LogP contribution in [0.25, 0.3) is 6.08 Å². The van der Waals surface area contributed by atoms with Crippen molar-refractivity contribution in [2.45, 2.75) is 20.8 Å². The van der Waals surface area contributed by atoms with Crippen molar-refractivity contribution in [1.29, 1.82) is 0 Å². The van der Waals surface area contributed by atoms with Crippen molar-refractivity contribution >= 4 is 74.5 Å². The van der Waals surface area contributed by atoms with Crippen LogP contribution in [0, 0.1) is 17.4 Å². The number of esters is 1. The third-order valence-electron chi connectivity index (χ3n) is 4.58. The van der Waals surface area contributed by atoms with Crippen LogP contribution in [0.3, 0.4) is 0 Å². The first-order chi connectivity index (χ1) is 15.2. The first-order valence-electron chi connectivity index (χ1n) is 9.76. The van der Waals surface area contributed by atoms with Crippen LogP contribution in [0.15, 0.2) is 35.2 Å². The topological polar surface area (TPSA) is 65.1 Å². The van der Waals surface area contributed by atoms with Crippen molar-refractivity contribution in [3.05, 3.63) is 55.5 Å². The van der Waals surface area contributed by atoms with Crippen molar-refractivity contribution in [3.63, 3.8) is 0 Å². The Balaban J connectivity index is 1.92. The number of hydrogen-bond donors (Lipinski definition) is 0. The van der Waals surface area contributed by atoms with E-state index in [2.05, 4.69) is 27.3 Å². The number of thioether (sulfide) groups is 1. The third-order valence-corrected chi connectivity index (χ3v) is 6.68. The number of benzene rings is 2. The SMILES string of the molecule is CCOc1cc(/C=C2\SC(=S)N(c3ccc(C)cc3C)C2=O)cc(I)c1OCC(=O)OC. The highest BCUT2D eigenvalue weighted by molar-refractivity contribution is 14.1. The summed E-state index contributed by atoms with van der Waals surface area (Å²) in [6.07, 6.45) is 1.79. The maximum absolute atomic E-state index is 13.2. The Bertz CT molecular complexity index is 1120. The largest absolute Gasteiger partial charge is 0.490 e. The third kappa shape index (κ3) is 5.44. The fourth-order valence-electron chi connectivity index (χ4n) is 3.15. The van der Waals surface area contributed by atoms with Gasteiger partial charge in [0.05, 0.1) is 27.9 Å². The summed E-state index contributed by atoms with van der Waals surface area (Å²) < 4.78 is 17.2. The molecule has 1 amide bonds. The van der Waals surface area contributed by atoms with Gasteiger partial charge in [-0.15, -0.1) is 0 Å². The summed E-state index contributed by atoms with van der Waals surface area (Å²) in [5.74, 6) is 0.297. The maximum atomic E-state index is 13.2. The second-order valence-corrected chi connectivity index (χ2v) is 9.77. The number of hydrogen-bond acceptors (Lipinski definition) is 7. The molecule has 0 aliphatic carbocycles. The number of amides is 1. The van der Waals surface area contributed by atoms with Crippen molar-refractivity contribution in [2.24, 2.45) is 0 Å². The Morgan fingerprint density at radius 3 is 2.62 bits per heavy atom. The molecule has 1 heterocycles. The van der Waals surface area contributed by atoms with Crippen LogP contribution in [0.5, 0.6) is 11.5 Å². The van der Waals surface area contributed by atoms with E-state index < -0.39 is 5.97 Å². The number of carbonyl (C=O) groups is 2.